The number of nitrogens with zero attached hydrogens (tertiary/aromatic N) is 1. The Labute approximate surface area is 131 Å². The Hall–Kier alpha value is -1.45. The van der Waals surface area contributed by atoms with Gasteiger partial charge in [-0.1, -0.05) is 11.6 Å². The van der Waals surface area contributed by atoms with Crippen LogP contribution in [0.3, 0.4) is 0 Å². The molecule has 114 valence electrons. The first-order valence-corrected chi connectivity index (χ1v) is 7.53. The zero-order valence-corrected chi connectivity index (χ0v) is 13.6. The van der Waals surface area contributed by atoms with Gasteiger partial charge in [-0.25, -0.2) is 0 Å². The summed E-state index contributed by atoms with van der Waals surface area (Å²) in [4.78, 5) is 2.18. The summed E-state index contributed by atoms with van der Waals surface area (Å²) in [5.74, 6) is 2.67. The maximum absolute atomic E-state index is 5.99. The van der Waals surface area contributed by atoms with Crippen LogP contribution in [0.25, 0.3) is 0 Å². The summed E-state index contributed by atoms with van der Waals surface area (Å²) in [5.41, 5.74) is 1.01. The van der Waals surface area contributed by atoms with Crippen molar-refractivity contribution in [2.75, 3.05) is 20.6 Å². The SMILES string of the molecule is Cc1cc(OCc2ccc(CCCN(C)C)o2)ccc1Cl. The minimum Gasteiger partial charge on any atom is -0.486 e. The monoisotopic (exact) mass is 307 g/mol. The summed E-state index contributed by atoms with van der Waals surface area (Å²) in [5, 5.41) is 0.753. The Kier molecular flexibility index (Phi) is 5.71. The van der Waals surface area contributed by atoms with Crippen LogP contribution in [0.5, 0.6) is 5.75 Å². The molecule has 4 heteroatoms. The molecule has 3 nitrogen and oxygen atoms in total. The lowest BCUT2D eigenvalue weighted by Crippen LogP contribution is -2.13. The normalized spacial score (nSPS) is 11.1. The van der Waals surface area contributed by atoms with E-state index in [4.69, 9.17) is 20.8 Å². The lowest BCUT2D eigenvalue weighted by atomic mass is 10.2. The van der Waals surface area contributed by atoms with Crippen LogP contribution in [0, 0.1) is 6.92 Å². The fraction of sp³-hybridized carbons (Fsp3) is 0.412. The second-order valence-corrected chi connectivity index (χ2v) is 5.88. The fourth-order valence-corrected chi connectivity index (χ4v) is 2.18. The molecule has 2 aromatic rings. The van der Waals surface area contributed by atoms with Crippen molar-refractivity contribution in [1.82, 2.24) is 4.90 Å². The molecule has 0 amide bonds. The molecule has 0 aliphatic heterocycles. The third kappa shape index (κ3) is 5.10. The van der Waals surface area contributed by atoms with Gasteiger partial charge in [-0.2, -0.15) is 0 Å². The summed E-state index contributed by atoms with van der Waals surface area (Å²) in [6.45, 7) is 3.47. The molecular weight excluding hydrogens is 286 g/mol. The molecule has 0 radical (unpaired) electrons. The predicted molar refractivity (Wildman–Crippen MR) is 86.1 cm³/mol. The van der Waals surface area contributed by atoms with Crippen LogP contribution < -0.4 is 4.74 Å². The Bertz CT molecular complexity index is 578. The van der Waals surface area contributed by atoms with Crippen molar-refractivity contribution in [3.8, 4) is 5.75 Å². The van der Waals surface area contributed by atoms with E-state index in [1.807, 2.05) is 37.3 Å². The van der Waals surface area contributed by atoms with Crippen molar-refractivity contribution in [3.63, 3.8) is 0 Å². The molecule has 0 aliphatic carbocycles. The maximum Gasteiger partial charge on any atom is 0.146 e. The van der Waals surface area contributed by atoms with Crippen LogP contribution in [0.1, 0.15) is 23.5 Å². The van der Waals surface area contributed by atoms with Crippen molar-refractivity contribution in [3.05, 3.63) is 52.4 Å². The van der Waals surface area contributed by atoms with Gasteiger partial charge in [-0.3, -0.25) is 0 Å². The first kappa shape index (κ1) is 15.9. The van der Waals surface area contributed by atoms with Crippen LogP contribution >= 0.6 is 11.6 Å². The topological polar surface area (TPSA) is 25.6 Å². The minimum absolute atomic E-state index is 0.439. The predicted octanol–water partition coefficient (Wildman–Crippen LogP) is 4.31. The highest BCUT2D eigenvalue weighted by Crippen LogP contribution is 2.22. The van der Waals surface area contributed by atoms with Gasteiger partial charge in [0.15, 0.2) is 0 Å². The second kappa shape index (κ2) is 7.53. The Morgan fingerprint density at radius 2 is 1.90 bits per heavy atom. The molecule has 0 saturated carbocycles. The number of hydrogen-bond acceptors (Lipinski definition) is 3. The lowest BCUT2D eigenvalue weighted by Gasteiger charge is -2.07. The van der Waals surface area contributed by atoms with Gasteiger partial charge in [0.2, 0.25) is 0 Å². The highest BCUT2D eigenvalue weighted by Gasteiger charge is 2.04. The van der Waals surface area contributed by atoms with Crippen LogP contribution in [0.15, 0.2) is 34.7 Å². The zero-order chi connectivity index (χ0) is 15.2. The van der Waals surface area contributed by atoms with E-state index in [1.165, 1.54) is 0 Å². The van der Waals surface area contributed by atoms with Gasteiger partial charge in [-0.15, -0.1) is 0 Å². The lowest BCUT2D eigenvalue weighted by molar-refractivity contribution is 0.265. The average Bonchev–Trinajstić information content (AvgIpc) is 2.88. The maximum atomic E-state index is 5.99. The number of aryl methyl sites for hydroxylation is 2. The van der Waals surface area contributed by atoms with Crippen LogP contribution in [-0.4, -0.2) is 25.5 Å². The third-order valence-electron chi connectivity index (χ3n) is 3.26. The molecule has 0 aliphatic rings. The molecule has 0 bridgehead atoms. The third-order valence-corrected chi connectivity index (χ3v) is 3.68. The first-order chi connectivity index (χ1) is 10.0. The molecule has 2 rings (SSSR count). The Balaban J connectivity index is 1.83. The second-order valence-electron chi connectivity index (χ2n) is 5.47. The van der Waals surface area contributed by atoms with Crippen molar-refractivity contribution in [1.29, 1.82) is 0 Å². The molecule has 0 spiro atoms. The van der Waals surface area contributed by atoms with Crippen LogP contribution in [0.2, 0.25) is 5.02 Å². The molecular formula is C17H22ClNO2. The number of ether oxygens (including phenoxy) is 1. The van der Waals surface area contributed by atoms with E-state index in [2.05, 4.69) is 19.0 Å². The molecule has 0 N–H and O–H groups in total. The molecule has 1 aromatic carbocycles. The van der Waals surface area contributed by atoms with E-state index in [0.29, 0.717) is 6.61 Å². The smallest absolute Gasteiger partial charge is 0.146 e. The molecule has 1 aromatic heterocycles. The molecule has 0 saturated heterocycles. The summed E-state index contributed by atoms with van der Waals surface area (Å²) in [6.07, 6.45) is 2.05. The molecule has 0 fully saturated rings. The highest BCUT2D eigenvalue weighted by atomic mass is 35.5. The summed E-state index contributed by atoms with van der Waals surface area (Å²) in [7, 11) is 4.16. The largest absolute Gasteiger partial charge is 0.486 e. The van der Waals surface area contributed by atoms with Crippen LogP contribution in [0.4, 0.5) is 0 Å². The summed E-state index contributed by atoms with van der Waals surface area (Å²) >= 11 is 5.99. The van der Waals surface area contributed by atoms with Crippen molar-refractivity contribution in [2.45, 2.75) is 26.4 Å². The first-order valence-electron chi connectivity index (χ1n) is 7.16. The van der Waals surface area contributed by atoms with Gasteiger partial charge in [-0.05, 0) is 69.9 Å². The van der Waals surface area contributed by atoms with E-state index >= 15 is 0 Å². The molecule has 0 unspecified atom stereocenters. The Morgan fingerprint density at radius 3 is 2.62 bits per heavy atom. The number of furan rings is 1. The molecule has 0 atom stereocenters. The highest BCUT2D eigenvalue weighted by molar-refractivity contribution is 6.31. The zero-order valence-electron chi connectivity index (χ0n) is 12.9. The minimum atomic E-state index is 0.439. The van der Waals surface area contributed by atoms with Gasteiger partial charge in [0.1, 0.15) is 23.9 Å². The van der Waals surface area contributed by atoms with Crippen molar-refractivity contribution < 1.29 is 9.15 Å². The summed E-state index contributed by atoms with van der Waals surface area (Å²) < 4.78 is 11.5. The van der Waals surface area contributed by atoms with E-state index in [1.54, 1.807) is 0 Å². The number of hydrogen-bond donors (Lipinski definition) is 0. The van der Waals surface area contributed by atoms with Gasteiger partial charge in [0, 0.05) is 11.4 Å². The van der Waals surface area contributed by atoms with Gasteiger partial charge >= 0.3 is 0 Å². The summed E-state index contributed by atoms with van der Waals surface area (Å²) in [6, 6.07) is 9.66. The van der Waals surface area contributed by atoms with Crippen LogP contribution in [-0.2, 0) is 13.0 Å². The number of halogens is 1. The number of benzene rings is 1. The van der Waals surface area contributed by atoms with E-state index in [-0.39, 0.29) is 0 Å². The number of rotatable bonds is 7. The molecule has 21 heavy (non-hydrogen) atoms. The van der Waals surface area contributed by atoms with Gasteiger partial charge in [0.25, 0.3) is 0 Å². The van der Waals surface area contributed by atoms with E-state index in [9.17, 15) is 0 Å². The van der Waals surface area contributed by atoms with Gasteiger partial charge < -0.3 is 14.1 Å². The average molecular weight is 308 g/mol. The van der Waals surface area contributed by atoms with Crippen molar-refractivity contribution >= 4 is 11.6 Å². The quantitative estimate of drug-likeness (QED) is 0.762. The fourth-order valence-electron chi connectivity index (χ4n) is 2.07. The van der Waals surface area contributed by atoms with E-state index in [0.717, 1.165) is 47.2 Å². The Morgan fingerprint density at radius 1 is 1.14 bits per heavy atom. The van der Waals surface area contributed by atoms with E-state index < -0.39 is 0 Å². The molecule has 1 heterocycles. The standard InChI is InChI=1S/C17H22ClNO2/c1-13-11-15(8-9-17(13)18)20-12-16-7-6-14(21-16)5-4-10-19(2)3/h6-9,11H,4-5,10,12H2,1-3H3. The van der Waals surface area contributed by atoms with Crippen molar-refractivity contribution in [2.24, 2.45) is 0 Å². The van der Waals surface area contributed by atoms with Gasteiger partial charge in [0.05, 0.1) is 0 Å².